The Hall–Kier alpha value is -2.31. The van der Waals surface area contributed by atoms with Crippen molar-refractivity contribution in [1.82, 2.24) is 0 Å². The lowest BCUT2D eigenvalue weighted by Crippen LogP contribution is -2.25. The van der Waals surface area contributed by atoms with E-state index in [0.29, 0.717) is 6.07 Å². The first kappa shape index (κ1) is 18.5. The molecule has 2 aromatic rings. The standard InChI is InChI=1S/C19H17F5O2/c1-11(2)12-4-6-16-17(7-12)26-10-18(20,21)15-8-14(19(22,23)24)5-3-13(15)9-25-16/h3-8,11H,9-10H2,1-2H3. The molecule has 1 aliphatic rings. The number of hydrogen-bond acceptors (Lipinski definition) is 2. The van der Waals surface area contributed by atoms with Gasteiger partial charge in [-0.05, 0) is 41.3 Å². The molecule has 0 aliphatic carbocycles. The van der Waals surface area contributed by atoms with Crippen LogP contribution in [-0.2, 0) is 18.7 Å². The molecule has 3 rings (SSSR count). The first-order valence-electron chi connectivity index (χ1n) is 8.06. The summed E-state index contributed by atoms with van der Waals surface area (Å²) in [5.41, 5.74) is -0.988. The van der Waals surface area contributed by atoms with Crippen molar-refractivity contribution in [2.45, 2.75) is 38.5 Å². The van der Waals surface area contributed by atoms with Gasteiger partial charge in [0.2, 0.25) is 0 Å². The Bertz CT molecular complexity index is 812. The lowest BCUT2D eigenvalue weighted by atomic mass is 9.99. The topological polar surface area (TPSA) is 18.5 Å². The van der Waals surface area contributed by atoms with Gasteiger partial charge in [-0.1, -0.05) is 26.0 Å². The van der Waals surface area contributed by atoms with Crippen LogP contribution in [0, 0.1) is 0 Å². The van der Waals surface area contributed by atoms with Crippen LogP contribution in [0.4, 0.5) is 22.0 Å². The van der Waals surface area contributed by atoms with Gasteiger partial charge in [0.1, 0.15) is 6.61 Å². The predicted octanol–water partition coefficient (Wildman–Crippen LogP) is 5.89. The quantitative estimate of drug-likeness (QED) is 0.581. The van der Waals surface area contributed by atoms with Gasteiger partial charge in [-0.15, -0.1) is 0 Å². The molecule has 0 saturated carbocycles. The lowest BCUT2D eigenvalue weighted by molar-refractivity contribution is -0.137. The molecule has 1 heterocycles. The molecule has 0 saturated heterocycles. The molecule has 0 aromatic heterocycles. The molecule has 26 heavy (non-hydrogen) atoms. The number of fused-ring (bicyclic) bond motifs is 2. The zero-order valence-corrected chi connectivity index (χ0v) is 14.2. The lowest BCUT2D eigenvalue weighted by Gasteiger charge is -2.20. The van der Waals surface area contributed by atoms with Crippen LogP contribution in [0.3, 0.4) is 0 Å². The van der Waals surface area contributed by atoms with Crippen molar-refractivity contribution in [2.24, 2.45) is 0 Å². The van der Waals surface area contributed by atoms with Crippen molar-refractivity contribution >= 4 is 0 Å². The molecular formula is C19H17F5O2. The van der Waals surface area contributed by atoms with Crippen molar-refractivity contribution in [3.05, 3.63) is 58.7 Å². The highest BCUT2D eigenvalue weighted by Gasteiger charge is 2.39. The number of rotatable bonds is 1. The Morgan fingerprint density at radius 1 is 0.962 bits per heavy atom. The van der Waals surface area contributed by atoms with Crippen molar-refractivity contribution < 1.29 is 31.4 Å². The molecule has 7 heteroatoms. The van der Waals surface area contributed by atoms with Crippen LogP contribution < -0.4 is 9.47 Å². The van der Waals surface area contributed by atoms with Crippen LogP contribution >= 0.6 is 0 Å². The maximum absolute atomic E-state index is 14.6. The predicted molar refractivity (Wildman–Crippen MR) is 85.7 cm³/mol. The molecule has 0 unspecified atom stereocenters. The number of ether oxygens (including phenoxy) is 2. The SMILES string of the molecule is CC(C)c1ccc2c(c1)OCC(F)(F)c1cc(C(F)(F)F)ccc1CO2. The van der Waals surface area contributed by atoms with Gasteiger partial charge in [0.15, 0.2) is 18.1 Å². The van der Waals surface area contributed by atoms with Crippen LogP contribution in [-0.4, -0.2) is 6.61 Å². The third kappa shape index (κ3) is 3.61. The number of hydrogen-bond donors (Lipinski definition) is 0. The number of halogens is 5. The third-order valence-corrected chi connectivity index (χ3v) is 4.26. The summed E-state index contributed by atoms with van der Waals surface area (Å²) in [4.78, 5) is 0. The normalized spacial score (nSPS) is 16.5. The van der Waals surface area contributed by atoms with Crippen LogP contribution in [0.15, 0.2) is 36.4 Å². The minimum absolute atomic E-state index is 0.00705. The number of benzene rings is 2. The largest absolute Gasteiger partial charge is 0.485 e. The van der Waals surface area contributed by atoms with Crippen molar-refractivity contribution in [1.29, 1.82) is 0 Å². The van der Waals surface area contributed by atoms with Gasteiger partial charge in [0, 0.05) is 5.56 Å². The molecule has 0 atom stereocenters. The molecule has 0 bridgehead atoms. The molecule has 1 aliphatic heterocycles. The fourth-order valence-corrected chi connectivity index (χ4v) is 2.74. The van der Waals surface area contributed by atoms with E-state index in [2.05, 4.69) is 0 Å². The minimum Gasteiger partial charge on any atom is -0.485 e. The van der Waals surface area contributed by atoms with Gasteiger partial charge < -0.3 is 9.47 Å². The van der Waals surface area contributed by atoms with Gasteiger partial charge in [-0.25, -0.2) is 0 Å². The summed E-state index contributed by atoms with van der Waals surface area (Å²) in [5, 5.41) is 0. The molecule has 0 fully saturated rings. The van der Waals surface area contributed by atoms with E-state index in [0.717, 1.165) is 17.7 Å². The fourth-order valence-electron chi connectivity index (χ4n) is 2.74. The van der Waals surface area contributed by atoms with Gasteiger partial charge in [0.25, 0.3) is 0 Å². The van der Waals surface area contributed by atoms with E-state index in [9.17, 15) is 22.0 Å². The fraction of sp³-hybridized carbons (Fsp3) is 0.368. The van der Waals surface area contributed by atoms with Gasteiger partial charge >= 0.3 is 12.1 Å². The van der Waals surface area contributed by atoms with Crippen molar-refractivity contribution in [3.8, 4) is 11.5 Å². The highest BCUT2D eigenvalue weighted by Crippen LogP contribution is 2.40. The van der Waals surface area contributed by atoms with Gasteiger partial charge in [0.05, 0.1) is 5.56 Å². The zero-order chi connectivity index (χ0) is 19.1. The monoisotopic (exact) mass is 372 g/mol. The van der Waals surface area contributed by atoms with E-state index in [1.54, 1.807) is 18.2 Å². The van der Waals surface area contributed by atoms with Crippen LogP contribution in [0.5, 0.6) is 11.5 Å². The Labute approximate surface area is 147 Å². The summed E-state index contributed by atoms with van der Waals surface area (Å²) in [6.07, 6.45) is -4.71. The maximum Gasteiger partial charge on any atom is 0.416 e. The Balaban J connectivity index is 2.03. The Morgan fingerprint density at radius 2 is 1.69 bits per heavy atom. The van der Waals surface area contributed by atoms with E-state index in [4.69, 9.17) is 9.47 Å². The second-order valence-electron chi connectivity index (χ2n) is 6.51. The summed E-state index contributed by atoms with van der Waals surface area (Å²) in [5.74, 6) is -3.00. The summed E-state index contributed by atoms with van der Waals surface area (Å²) in [6.45, 7) is 2.54. The highest BCUT2D eigenvalue weighted by atomic mass is 19.4. The van der Waals surface area contributed by atoms with E-state index in [1.807, 2.05) is 13.8 Å². The first-order chi connectivity index (χ1) is 12.1. The average Bonchev–Trinajstić information content (AvgIpc) is 2.61. The zero-order valence-electron chi connectivity index (χ0n) is 14.2. The van der Waals surface area contributed by atoms with E-state index < -0.39 is 29.8 Å². The summed E-state index contributed by atoms with van der Waals surface area (Å²) >= 11 is 0. The number of alkyl halides is 5. The van der Waals surface area contributed by atoms with Crippen LogP contribution in [0.1, 0.15) is 42.0 Å². The molecule has 0 spiro atoms. The summed E-state index contributed by atoms with van der Waals surface area (Å²) in [6, 6.07) is 7.32. The highest BCUT2D eigenvalue weighted by molar-refractivity contribution is 5.45. The Kier molecular flexibility index (Phi) is 4.58. The molecular weight excluding hydrogens is 355 g/mol. The van der Waals surface area contributed by atoms with E-state index in [1.165, 1.54) is 0 Å². The van der Waals surface area contributed by atoms with Gasteiger partial charge in [-0.3, -0.25) is 0 Å². The molecule has 2 nitrogen and oxygen atoms in total. The second-order valence-corrected chi connectivity index (χ2v) is 6.51. The molecule has 0 amide bonds. The van der Waals surface area contributed by atoms with Crippen molar-refractivity contribution in [2.75, 3.05) is 6.61 Å². The summed E-state index contributed by atoms with van der Waals surface area (Å²) in [7, 11) is 0. The Morgan fingerprint density at radius 3 is 2.35 bits per heavy atom. The smallest absolute Gasteiger partial charge is 0.416 e. The van der Waals surface area contributed by atoms with Crippen molar-refractivity contribution in [3.63, 3.8) is 0 Å². The molecule has 2 aromatic carbocycles. The second kappa shape index (κ2) is 6.45. The van der Waals surface area contributed by atoms with Crippen LogP contribution in [0.25, 0.3) is 0 Å². The van der Waals surface area contributed by atoms with Gasteiger partial charge in [-0.2, -0.15) is 22.0 Å². The maximum atomic E-state index is 14.6. The minimum atomic E-state index is -4.71. The average molecular weight is 372 g/mol. The van der Waals surface area contributed by atoms with E-state index >= 15 is 0 Å². The van der Waals surface area contributed by atoms with E-state index in [-0.39, 0.29) is 29.6 Å². The van der Waals surface area contributed by atoms with Crippen LogP contribution in [0.2, 0.25) is 0 Å². The molecule has 0 radical (unpaired) electrons. The third-order valence-electron chi connectivity index (χ3n) is 4.26. The molecule has 0 N–H and O–H groups in total. The summed E-state index contributed by atoms with van der Waals surface area (Å²) < 4.78 is 78.7. The molecule has 140 valence electrons. The first-order valence-corrected chi connectivity index (χ1v) is 8.06.